The Hall–Kier alpha value is -1.55. The summed E-state index contributed by atoms with van der Waals surface area (Å²) in [5.74, 6) is 0.635. The summed E-state index contributed by atoms with van der Waals surface area (Å²) in [5, 5.41) is 5.83. The van der Waals surface area contributed by atoms with Crippen LogP contribution in [0.5, 0.6) is 5.75 Å². The van der Waals surface area contributed by atoms with Crippen LogP contribution in [0.25, 0.3) is 0 Å². The van der Waals surface area contributed by atoms with Crippen LogP contribution in [0.15, 0.2) is 24.3 Å². The summed E-state index contributed by atoms with van der Waals surface area (Å²) in [6.45, 7) is 3.80. The molecule has 1 heterocycles. The van der Waals surface area contributed by atoms with E-state index in [-0.39, 0.29) is 11.9 Å². The highest BCUT2D eigenvalue weighted by Gasteiger charge is 2.39. The Morgan fingerprint density at radius 2 is 2.06 bits per heavy atom. The first-order chi connectivity index (χ1) is 7.54. The number of amides is 1. The van der Waals surface area contributed by atoms with Gasteiger partial charge in [0, 0.05) is 0 Å². The average molecular weight is 220 g/mol. The molecular weight excluding hydrogens is 204 g/mol. The molecule has 2 N–H and O–H groups in total. The highest BCUT2D eigenvalue weighted by molar-refractivity contribution is 5.97. The van der Waals surface area contributed by atoms with Gasteiger partial charge >= 0.3 is 0 Å². The Labute approximate surface area is 95.0 Å². The fourth-order valence-corrected chi connectivity index (χ4v) is 2.00. The number of carbonyl (C=O) groups is 1. The van der Waals surface area contributed by atoms with Crippen molar-refractivity contribution in [1.29, 1.82) is 0 Å². The van der Waals surface area contributed by atoms with E-state index in [9.17, 15) is 4.79 Å². The number of carbonyl (C=O) groups excluding carboxylic acids is 1. The molecule has 1 aliphatic heterocycles. The van der Waals surface area contributed by atoms with E-state index in [4.69, 9.17) is 4.74 Å². The highest BCUT2D eigenvalue weighted by Crippen LogP contribution is 2.32. The Bertz CT molecular complexity index is 415. The van der Waals surface area contributed by atoms with Crippen molar-refractivity contribution in [2.75, 3.05) is 12.4 Å². The van der Waals surface area contributed by atoms with E-state index < -0.39 is 5.60 Å². The molecule has 2 rings (SSSR count). The third-order valence-electron chi connectivity index (χ3n) is 2.76. The molecule has 1 aromatic rings. The van der Waals surface area contributed by atoms with E-state index in [0.717, 1.165) is 5.69 Å². The van der Waals surface area contributed by atoms with Crippen LogP contribution in [0.2, 0.25) is 0 Å². The lowest BCUT2D eigenvalue weighted by Crippen LogP contribution is -2.54. The minimum absolute atomic E-state index is 0.0718. The van der Waals surface area contributed by atoms with Crippen molar-refractivity contribution >= 4 is 11.6 Å². The van der Waals surface area contributed by atoms with Crippen LogP contribution < -0.4 is 15.4 Å². The van der Waals surface area contributed by atoms with Gasteiger partial charge in [-0.25, -0.2) is 0 Å². The predicted molar refractivity (Wildman–Crippen MR) is 62.6 cm³/mol. The molecule has 4 heteroatoms. The normalized spacial score (nSPS) is 22.7. The zero-order valence-electron chi connectivity index (χ0n) is 9.70. The van der Waals surface area contributed by atoms with Gasteiger partial charge in [0.1, 0.15) is 17.4 Å². The smallest absolute Gasteiger partial charge is 0.245 e. The fraction of sp³-hybridized carbons (Fsp3) is 0.417. The number of ether oxygens (including phenoxy) is 1. The maximum atomic E-state index is 12.0. The maximum Gasteiger partial charge on any atom is 0.245 e. The van der Waals surface area contributed by atoms with E-state index >= 15 is 0 Å². The number of anilines is 1. The van der Waals surface area contributed by atoms with Crippen molar-refractivity contribution in [3.8, 4) is 5.75 Å². The standard InChI is InChI=1S/C12H16N2O2/c1-12(2)10(13-3)11(15)14-8-6-4-5-7-9(8)16-12/h4-7,10,13H,1-3H3,(H,14,15). The van der Waals surface area contributed by atoms with Crippen LogP contribution in [0.1, 0.15) is 13.8 Å². The molecule has 0 bridgehead atoms. The zero-order chi connectivity index (χ0) is 11.8. The van der Waals surface area contributed by atoms with Crippen LogP contribution in [0, 0.1) is 0 Å². The monoisotopic (exact) mass is 220 g/mol. The SMILES string of the molecule is CNC1C(=O)Nc2ccccc2OC1(C)C. The average Bonchev–Trinajstić information content (AvgIpc) is 2.29. The number of likely N-dealkylation sites (N-methyl/N-ethyl adjacent to an activating group) is 1. The molecule has 1 unspecified atom stereocenters. The molecular formula is C12H16N2O2. The van der Waals surface area contributed by atoms with Crippen LogP contribution >= 0.6 is 0 Å². The summed E-state index contributed by atoms with van der Waals surface area (Å²) in [7, 11) is 1.76. The Kier molecular flexibility index (Phi) is 2.59. The Morgan fingerprint density at radius 1 is 1.38 bits per heavy atom. The predicted octanol–water partition coefficient (Wildman–Crippen LogP) is 1.38. The number of fused-ring (bicyclic) bond motifs is 1. The van der Waals surface area contributed by atoms with Crippen LogP contribution in [0.3, 0.4) is 0 Å². The topological polar surface area (TPSA) is 50.4 Å². The van der Waals surface area contributed by atoms with Gasteiger partial charge in [0.05, 0.1) is 5.69 Å². The molecule has 0 saturated carbocycles. The van der Waals surface area contributed by atoms with Gasteiger partial charge in [0.2, 0.25) is 5.91 Å². The second-order valence-corrected chi connectivity index (χ2v) is 4.41. The van der Waals surface area contributed by atoms with Crippen molar-refractivity contribution in [1.82, 2.24) is 5.32 Å². The molecule has 0 saturated heterocycles. The number of hydrogen-bond donors (Lipinski definition) is 2. The van der Waals surface area contributed by atoms with Crippen molar-refractivity contribution in [2.45, 2.75) is 25.5 Å². The van der Waals surface area contributed by atoms with Gasteiger partial charge in [-0.3, -0.25) is 4.79 Å². The molecule has 1 aliphatic rings. The van der Waals surface area contributed by atoms with Gasteiger partial charge in [-0.2, -0.15) is 0 Å². The van der Waals surface area contributed by atoms with Crippen LogP contribution in [0.4, 0.5) is 5.69 Å². The van der Waals surface area contributed by atoms with Crippen LogP contribution in [-0.2, 0) is 4.79 Å². The fourth-order valence-electron chi connectivity index (χ4n) is 2.00. The molecule has 4 nitrogen and oxygen atoms in total. The molecule has 16 heavy (non-hydrogen) atoms. The number of nitrogens with one attached hydrogen (secondary N) is 2. The van der Waals surface area contributed by atoms with E-state index in [1.165, 1.54) is 0 Å². The van der Waals surface area contributed by atoms with E-state index in [1.807, 2.05) is 38.1 Å². The number of rotatable bonds is 1. The minimum atomic E-state index is -0.578. The largest absolute Gasteiger partial charge is 0.483 e. The van der Waals surface area contributed by atoms with E-state index in [1.54, 1.807) is 7.05 Å². The lowest BCUT2D eigenvalue weighted by atomic mass is 9.98. The van der Waals surface area contributed by atoms with Crippen molar-refractivity contribution in [3.63, 3.8) is 0 Å². The molecule has 0 aromatic heterocycles. The van der Waals surface area contributed by atoms with Gasteiger partial charge < -0.3 is 15.4 Å². The third-order valence-corrected chi connectivity index (χ3v) is 2.76. The first kappa shape index (κ1) is 11.0. The van der Waals surface area contributed by atoms with Crippen molar-refractivity contribution in [2.24, 2.45) is 0 Å². The quantitative estimate of drug-likeness (QED) is 0.752. The molecule has 86 valence electrons. The lowest BCUT2D eigenvalue weighted by molar-refractivity contribution is -0.121. The maximum absolute atomic E-state index is 12.0. The number of benzene rings is 1. The molecule has 0 radical (unpaired) electrons. The van der Waals surface area contributed by atoms with Gasteiger partial charge in [-0.05, 0) is 33.0 Å². The third kappa shape index (κ3) is 1.76. The highest BCUT2D eigenvalue weighted by atomic mass is 16.5. The number of hydrogen-bond acceptors (Lipinski definition) is 3. The second-order valence-electron chi connectivity index (χ2n) is 4.41. The Morgan fingerprint density at radius 3 is 2.75 bits per heavy atom. The summed E-state index contributed by atoms with van der Waals surface area (Å²) in [4.78, 5) is 12.0. The van der Waals surface area contributed by atoms with Crippen LogP contribution in [-0.4, -0.2) is 24.6 Å². The molecule has 0 fully saturated rings. The van der Waals surface area contributed by atoms with Gasteiger partial charge in [-0.15, -0.1) is 0 Å². The van der Waals surface area contributed by atoms with E-state index in [0.29, 0.717) is 5.75 Å². The first-order valence-corrected chi connectivity index (χ1v) is 5.31. The zero-order valence-corrected chi connectivity index (χ0v) is 9.70. The summed E-state index contributed by atoms with van der Waals surface area (Å²) in [5.41, 5.74) is 0.143. The molecule has 1 atom stereocenters. The summed E-state index contributed by atoms with van der Waals surface area (Å²) in [6.07, 6.45) is 0. The molecule has 0 aliphatic carbocycles. The Balaban J connectivity index is 2.44. The minimum Gasteiger partial charge on any atom is -0.483 e. The van der Waals surface area contributed by atoms with Gasteiger partial charge in [0.25, 0.3) is 0 Å². The van der Waals surface area contributed by atoms with Gasteiger partial charge in [0.15, 0.2) is 0 Å². The lowest BCUT2D eigenvalue weighted by Gasteiger charge is -2.30. The number of para-hydroxylation sites is 2. The summed E-state index contributed by atoms with van der Waals surface area (Å²) >= 11 is 0. The second kappa shape index (κ2) is 3.79. The van der Waals surface area contributed by atoms with Crippen molar-refractivity contribution < 1.29 is 9.53 Å². The summed E-state index contributed by atoms with van der Waals surface area (Å²) < 4.78 is 5.87. The molecule has 0 spiro atoms. The van der Waals surface area contributed by atoms with Crippen molar-refractivity contribution in [3.05, 3.63) is 24.3 Å². The molecule has 1 amide bonds. The first-order valence-electron chi connectivity index (χ1n) is 5.31. The molecule has 1 aromatic carbocycles. The summed E-state index contributed by atoms with van der Waals surface area (Å²) in [6, 6.07) is 7.08. The van der Waals surface area contributed by atoms with E-state index in [2.05, 4.69) is 10.6 Å². The van der Waals surface area contributed by atoms with Gasteiger partial charge in [-0.1, -0.05) is 12.1 Å².